The average Bonchev–Trinajstić information content (AvgIpc) is 2.57. The first-order valence-electron chi connectivity index (χ1n) is 6.02. The van der Waals surface area contributed by atoms with Gasteiger partial charge in [-0.1, -0.05) is 27.2 Å². The Labute approximate surface area is 104 Å². The molecule has 0 aliphatic rings. The van der Waals surface area contributed by atoms with E-state index in [2.05, 4.69) is 31.9 Å². The summed E-state index contributed by atoms with van der Waals surface area (Å²) in [6, 6.07) is 2.09. The molecule has 1 heterocycles. The molecule has 0 aliphatic carbocycles. The SMILES string of the molecule is Cn1nccc1CCCCC(Cl)C(C)(C)C. The fraction of sp³-hybridized carbons (Fsp3) is 0.769. The van der Waals surface area contributed by atoms with Gasteiger partial charge in [-0.15, -0.1) is 11.6 Å². The van der Waals surface area contributed by atoms with E-state index < -0.39 is 0 Å². The number of rotatable bonds is 5. The van der Waals surface area contributed by atoms with Crippen LogP contribution in [-0.2, 0) is 13.5 Å². The molecule has 3 heteroatoms. The molecule has 0 N–H and O–H groups in total. The maximum atomic E-state index is 6.33. The molecule has 0 spiro atoms. The van der Waals surface area contributed by atoms with Crippen LogP contribution in [0.5, 0.6) is 0 Å². The van der Waals surface area contributed by atoms with Crippen molar-refractivity contribution in [3.8, 4) is 0 Å². The molecule has 92 valence electrons. The van der Waals surface area contributed by atoms with Crippen molar-refractivity contribution in [2.24, 2.45) is 12.5 Å². The van der Waals surface area contributed by atoms with Crippen LogP contribution in [0.15, 0.2) is 12.3 Å². The summed E-state index contributed by atoms with van der Waals surface area (Å²) in [5, 5.41) is 4.44. The second kappa shape index (κ2) is 5.72. The maximum absolute atomic E-state index is 6.33. The molecule has 1 aromatic heterocycles. The highest BCUT2D eigenvalue weighted by atomic mass is 35.5. The summed E-state index contributed by atoms with van der Waals surface area (Å²) in [4.78, 5) is 0. The van der Waals surface area contributed by atoms with Gasteiger partial charge in [0.15, 0.2) is 0 Å². The number of hydrogen-bond donors (Lipinski definition) is 0. The number of unbranched alkanes of at least 4 members (excludes halogenated alkanes) is 1. The molecule has 1 unspecified atom stereocenters. The molecular formula is C13H23ClN2. The van der Waals surface area contributed by atoms with Crippen molar-refractivity contribution in [1.82, 2.24) is 9.78 Å². The van der Waals surface area contributed by atoms with Gasteiger partial charge in [0, 0.05) is 24.3 Å². The minimum Gasteiger partial charge on any atom is -0.273 e. The molecule has 1 atom stereocenters. The molecular weight excluding hydrogens is 220 g/mol. The fourth-order valence-electron chi connectivity index (χ4n) is 1.71. The highest BCUT2D eigenvalue weighted by Gasteiger charge is 2.21. The Hall–Kier alpha value is -0.500. The molecule has 0 aliphatic heterocycles. The normalized spacial score (nSPS) is 14.1. The molecule has 0 bridgehead atoms. The second-order valence-electron chi connectivity index (χ2n) is 5.53. The van der Waals surface area contributed by atoms with Gasteiger partial charge in [-0.25, -0.2) is 0 Å². The lowest BCUT2D eigenvalue weighted by molar-refractivity contribution is 0.366. The monoisotopic (exact) mass is 242 g/mol. The molecule has 0 fully saturated rings. The molecule has 0 aromatic carbocycles. The van der Waals surface area contributed by atoms with Crippen LogP contribution in [0.2, 0.25) is 0 Å². The van der Waals surface area contributed by atoms with Gasteiger partial charge in [0.2, 0.25) is 0 Å². The van der Waals surface area contributed by atoms with Gasteiger partial charge in [-0.3, -0.25) is 4.68 Å². The highest BCUT2D eigenvalue weighted by Crippen LogP contribution is 2.28. The van der Waals surface area contributed by atoms with Crippen molar-refractivity contribution in [2.75, 3.05) is 0 Å². The molecule has 0 saturated carbocycles. The molecule has 0 radical (unpaired) electrons. The summed E-state index contributed by atoms with van der Waals surface area (Å²) in [5.41, 5.74) is 1.52. The Morgan fingerprint density at radius 2 is 2.06 bits per heavy atom. The Morgan fingerprint density at radius 3 is 2.56 bits per heavy atom. The van der Waals surface area contributed by atoms with E-state index in [-0.39, 0.29) is 10.8 Å². The van der Waals surface area contributed by atoms with E-state index in [1.54, 1.807) is 0 Å². The summed E-state index contributed by atoms with van der Waals surface area (Å²) < 4.78 is 1.95. The number of aryl methyl sites for hydroxylation is 2. The molecule has 0 amide bonds. The number of alkyl halides is 1. The zero-order chi connectivity index (χ0) is 12.2. The third-order valence-corrected chi connectivity index (χ3v) is 3.88. The first-order chi connectivity index (χ1) is 7.41. The van der Waals surface area contributed by atoms with Gasteiger partial charge in [-0.05, 0) is 30.7 Å². The predicted octanol–water partition coefficient (Wildman–Crippen LogP) is 3.79. The zero-order valence-corrected chi connectivity index (χ0v) is 11.6. The van der Waals surface area contributed by atoms with E-state index in [9.17, 15) is 0 Å². The fourth-order valence-corrected chi connectivity index (χ4v) is 1.86. The summed E-state index contributed by atoms with van der Waals surface area (Å²) in [7, 11) is 1.99. The van der Waals surface area contributed by atoms with Crippen LogP contribution in [0.3, 0.4) is 0 Å². The standard InChI is InChI=1S/C13H23ClN2/c1-13(2,3)12(14)8-6-5-7-11-9-10-15-16(11)4/h9-10,12H,5-8H2,1-4H3. The predicted molar refractivity (Wildman–Crippen MR) is 69.9 cm³/mol. The Bertz CT molecular complexity index is 312. The van der Waals surface area contributed by atoms with Crippen LogP contribution >= 0.6 is 11.6 Å². The lowest BCUT2D eigenvalue weighted by atomic mass is 9.88. The van der Waals surface area contributed by atoms with Gasteiger partial charge in [-0.2, -0.15) is 5.10 Å². The van der Waals surface area contributed by atoms with E-state index in [1.165, 1.54) is 18.5 Å². The first kappa shape index (κ1) is 13.6. The van der Waals surface area contributed by atoms with Gasteiger partial charge < -0.3 is 0 Å². The Balaban J connectivity index is 2.20. The van der Waals surface area contributed by atoms with Crippen LogP contribution in [0, 0.1) is 5.41 Å². The van der Waals surface area contributed by atoms with E-state index in [0.717, 1.165) is 12.8 Å². The van der Waals surface area contributed by atoms with Crippen molar-refractivity contribution in [1.29, 1.82) is 0 Å². The van der Waals surface area contributed by atoms with Crippen molar-refractivity contribution in [3.05, 3.63) is 18.0 Å². The number of hydrogen-bond acceptors (Lipinski definition) is 1. The van der Waals surface area contributed by atoms with Gasteiger partial charge in [0.25, 0.3) is 0 Å². The minimum absolute atomic E-state index is 0.216. The third-order valence-electron chi connectivity index (χ3n) is 3.00. The van der Waals surface area contributed by atoms with Gasteiger partial charge in [0.1, 0.15) is 0 Å². The number of halogens is 1. The van der Waals surface area contributed by atoms with Crippen molar-refractivity contribution < 1.29 is 0 Å². The zero-order valence-electron chi connectivity index (χ0n) is 10.8. The summed E-state index contributed by atoms with van der Waals surface area (Å²) in [6.45, 7) is 6.60. The number of aromatic nitrogens is 2. The molecule has 1 rings (SSSR count). The van der Waals surface area contributed by atoms with Crippen LogP contribution in [-0.4, -0.2) is 15.2 Å². The summed E-state index contributed by atoms with van der Waals surface area (Å²) in [5.74, 6) is 0. The van der Waals surface area contributed by atoms with Crippen LogP contribution in [0.4, 0.5) is 0 Å². The Kier molecular flexibility index (Phi) is 4.85. The van der Waals surface area contributed by atoms with Crippen molar-refractivity contribution in [2.45, 2.75) is 51.8 Å². The van der Waals surface area contributed by atoms with Crippen LogP contribution < -0.4 is 0 Å². The van der Waals surface area contributed by atoms with Crippen molar-refractivity contribution >= 4 is 11.6 Å². The smallest absolute Gasteiger partial charge is 0.0492 e. The first-order valence-corrected chi connectivity index (χ1v) is 6.46. The Morgan fingerprint density at radius 1 is 1.38 bits per heavy atom. The van der Waals surface area contributed by atoms with Crippen molar-refractivity contribution in [3.63, 3.8) is 0 Å². The topological polar surface area (TPSA) is 17.8 Å². The number of nitrogens with zero attached hydrogens (tertiary/aromatic N) is 2. The molecule has 16 heavy (non-hydrogen) atoms. The summed E-state index contributed by atoms with van der Waals surface area (Å²) in [6.07, 6.45) is 6.44. The van der Waals surface area contributed by atoms with E-state index in [1.807, 2.05) is 17.9 Å². The van der Waals surface area contributed by atoms with Crippen LogP contribution in [0.1, 0.15) is 45.7 Å². The molecule has 0 saturated heterocycles. The highest BCUT2D eigenvalue weighted by molar-refractivity contribution is 6.21. The van der Waals surface area contributed by atoms with E-state index in [4.69, 9.17) is 11.6 Å². The summed E-state index contributed by atoms with van der Waals surface area (Å²) >= 11 is 6.33. The minimum atomic E-state index is 0.216. The van der Waals surface area contributed by atoms with Gasteiger partial charge in [0.05, 0.1) is 0 Å². The quantitative estimate of drug-likeness (QED) is 0.568. The third kappa shape index (κ3) is 4.17. The van der Waals surface area contributed by atoms with Crippen LogP contribution in [0.25, 0.3) is 0 Å². The largest absolute Gasteiger partial charge is 0.273 e. The molecule has 2 nitrogen and oxygen atoms in total. The average molecular weight is 243 g/mol. The maximum Gasteiger partial charge on any atom is 0.0492 e. The van der Waals surface area contributed by atoms with E-state index >= 15 is 0 Å². The lowest BCUT2D eigenvalue weighted by Gasteiger charge is -2.24. The van der Waals surface area contributed by atoms with Gasteiger partial charge >= 0.3 is 0 Å². The second-order valence-corrected chi connectivity index (χ2v) is 6.05. The van der Waals surface area contributed by atoms with E-state index in [0.29, 0.717) is 0 Å². The molecule has 1 aromatic rings. The lowest BCUT2D eigenvalue weighted by Crippen LogP contribution is -2.20.